The van der Waals surface area contributed by atoms with E-state index in [0.717, 1.165) is 5.75 Å². The molecule has 3 amide bonds. The van der Waals surface area contributed by atoms with E-state index >= 15 is 0 Å². The maximum absolute atomic E-state index is 12.5. The van der Waals surface area contributed by atoms with E-state index in [1.165, 1.54) is 4.90 Å². The number of likely N-dealkylation sites (tertiary alicyclic amines) is 1. The van der Waals surface area contributed by atoms with Gasteiger partial charge in [0.1, 0.15) is 11.8 Å². The number of carbonyl (C=O) groups excluding carboxylic acids is 4. The van der Waals surface area contributed by atoms with Crippen LogP contribution < -0.4 is 11.1 Å². The average Bonchev–Trinajstić information content (AvgIpc) is 3.18. The summed E-state index contributed by atoms with van der Waals surface area (Å²) in [6.45, 7) is 2.33. The van der Waals surface area contributed by atoms with E-state index < -0.39 is 29.8 Å². The third kappa shape index (κ3) is 4.82. The lowest BCUT2D eigenvalue weighted by atomic mass is 9.97. The van der Waals surface area contributed by atoms with Crippen LogP contribution in [0.5, 0.6) is 0 Å². The van der Waals surface area contributed by atoms with Crippen molar-refractivity contribution in [2.75, 3.05) is 18.6 Å². The first-order chi connectivity index (χ1) is 11.8. The summed E-state index contributed by atoms with van der Waals surface area (Å²) >= 11 is 1.62. The van der Waals surface area contributed by atoms with Gasteiger partial charge in [-0.05, 0) is 37.2 Å². The molecular formula is C17H27N3O4S. The predicted octanol–water partition coefficient (Wildman–Crippen LogP) is 0.316. The number of nitrogens with one attached hydrogen (secondary N) is 1. The zero-order valence-electron chi connectivity index (χ0n) is 14.8. The number of rotatable bonds is 6. The van der Waals surface area contributed by atoms with Gasteiger partial charge in [-0.3, -0.25) is 24.5 Å². The van der Waals surface area contributed by atoms with Crippen LogP contribution in [0.25, 0.3) is 0 Å². The number of hydrogen-bond donors (Lipinski definition) is 2. The molecular weight excluding hydrogens is 342 g/mol. The molecule has 1 aliphatic carbocycles. The minimum absolute atomic E-state index is 0.0533. The summed E-state index contributed by atoms with van der Waals surface area (Å²) < 4.78 is 0. The van der Waals surface area contributed by atoms with E-state index in [-0.39, 0.29) is 24.0 Å². The van der Waals surface area contributed by atoms with Crippen LogP contribution in [-0.2, 0) is 19.2 Å². The van der Waals surface area contributed by atoms with E-state index in [2.05, 4.69) is 5.32 Å². The van der Waals surface area contributed by atoms with Gasteiger partial charge in [0.25, 0.3) is 0 Å². The van der Waals surface area contributed by atoms with Crippen molar-refractivity contribution in [2.45, 2.75) is 51.1 Å². The van der Waals surface area contributed by atoms with Crippen LogP contribution in [0, 0.1) is 11.8 Å². The molecule has 0 radical (unpaired) electrons. The Labute approximate surface area is 152 Å². The lowest BCUT2D eigenvalue weighted by molar-refractivity contribution is -0.142. The second-order valence-electron chi connectivity index (χ2n) is 6.96. The zero-order valence-corrected chi connectivity index (χ0v) is 15.6. The molecule has 0 spiro atoms. The maximum Gasteiger partial charge on any atom is 0.249 e. The second kappa shape index (κ2) is 8.80. The molecule has 3 N–H and O–H groups in total. The van der Waals surface area contributed by atoms with Gasteiger partial charge in [-0.2, -0.15) is 11.8 Å². The molecule has 2 rings (SSSR count). The molecule has 1 saturated carbocycles. The quantitative estimate of drug-likeness (QED) is 0.653. The molecule has 0 aromatic rings. The molecule has 4 atom stereocenters. The lowest BCUT2D eigenvalue weighted by Crippen LogP contribution is -2.53. The Bertz CT molecular complexity index is 554. The van der Waals surface area contributed by atoms with Crippen molar-refractivity contribution in [1.82, 2.24) is 10.2 Å². The summed E-state index contributed by atoms with van der Waals surface area (Å²) in [6, 6.07) is -1.27. The number of thioether (sulfide) groups is 1. The molecule has 1 aliphatic heterocycles. The van der Waals surface area contributed by atoms with Crippen molar-refractivity contribution >= 4 is 35.3 Å². The fraction of sp³-hybridized carbons (Fsp3) is 0.765. The molecule has 0 aromatic carbocycles. The number of nitrogens with zero attached hydrogens (tertiary/aromatic N) is 1. The second-order valence-corrected chi connectivity index (χ2v) is 7.95. The number of amides is 3. The third-order valence-corrected chi connectivity index (χ3v) is 5.70. The molecule has 25 heavy (non-hydrogen) atoms. The van der Waals surface area contributed by atoms with Gasteiger partial charge < -0.3 is 10.6 Å². The largest absolute Gasteiger partial charge is 0.329 e. The van der Waals surface area contributed by atoms with Gasteiger partial charge in [-0.1, -0.05) is 6.92 Å². The van der Waals surface area contributed by atoms with E-state index in [1.54, 1.807) is 11.8 Å². The van der Waals surface area contributed by atoms with Crippen LogP contribution in [0.2, 0.25) is 0 Å². The molecule has 1 saturated heterocycles. The first kappa shape index (κ1) is 19.9. The van der Waals surface area contributed by atoms with Crippen LogP contribution in [0.1, 0.15) is 39.0 Å². The summed E-state index contributed by atoms with van der Waals surface area (Å²) in [6.07, 6.45) is 4.32. The highest BCUT2D eigenvalue weighted by atomic mass is 32.2. The lowest BCUT2D eigenvalue weighted by Gasteiger charge is -2.27. The number of nitrogens with two attached hydrogens (primary N) is 1. The monoisotopic (exact) mass is 369 g/mol. The number of Topliss-reactive ketones (excluding diaryl/α,β-unsaturated/α-hetero) is 1. The van der Waals surface area contributed by atoms with Crippen molar-refractivity contribution in [1.29, 1.82) is 0 Å². The summed E-state index contributed by atoms with van der Waals surface area (Å²) in [7, 11) is 0. The average molecular weight is 369 g/mol. The van der Waals surface area contributed by atoms with E-state index in [1.807, 2.05) is 13.2 Å². The SMILES string of the molecule is CSCC[C@H](N)C(=O)N1CCC[C@H]1C(=O)NC(=O)C1CC(=O)CC1C. The topological polar surface area (TPSA) is 110 Å². The fourth-order valence-corrected chi connectivity index (χ4v) is 4.05. The Morgan fingerprint density at radius 3 is 2.64 bits per heavy atom. The van der Waals surface area contributed by atoms with Crippen LogP contribution in [0.15, 0.2) is 0 Å². The van der Waals surface area contributed by atoms with Crippen molar-refractivity contribution in [3.05, 3.63) is 0 Å². The molecule has 2 aliphatic rings. The molecule has 8 heteroatoms. The van der Waals surface area contributed by atoms with E-state index in [9.17, 15) is 19.2 Å². The summed E-state index contributed by atoms with van der Waals surface area (Å²) in [4.78, 5) is 50.3. The zero-order chi connectivity index (χ0) is 18.6. The first-order valence-electron chi connectivity index (χ1n) is 8.76. The Morgan fingerprint density at radius 2 is 2.04 bits per heavy atom. The molecule has 2 unspecified atom stereocenters. The van der Waals surface area contributed by atoms with E-state index in [4.69, 9.17) is 5.73 Å². The molecule has 2 fully saturated rings. The Balaban J connectivity index is 1.94. The van der Waals surface area contributed by atoms with Crippen molar-refractivity contribution in [3.63, 3.8) is 0 Å². The summed E-state index contributed by atoms with van der Waals surface area (Å²) in [5.74, 6) is -0.772. The minimum atomic E-state index is -0.649. The van der Waals surface area contributed by atoms with Gasteiger partial charge in [0.15, 0.2) is 0 Å². The first-order valence-corrected chi connectivity index (χ1v) is 10.2. The Morgan fingerprint density at radius 1 is 1.32 bits per heavy atom. The van der Waals surface area contributed by atoms with Gasteiger partial charge in [0.2, 0.25) is 17.7 Å². The molecule has 0 bridgehead atoms. The van der Waals surface area contributed by atoms with Gasteiger partial charge in [0, 0.05) is 25.3 Å². The number of carbonyl (C=O) groups is 4. The van der Waals surface area contributed by atoms with Crippen molar-refractivity contribution in [2.24, 2.45) is 17.6 Å². The minimum Gasteiger partial charge on any atom is -0.329 e. The summed E-state index contributed by atoms with van der Waals surface area (Å²) in [5.41, 5.74) is 5.94. The highest BCUT2D eigenvalue weighted by Crippen LogP contribution is 2.29. The maximum atomic E-state index is 12.5. The molecule has 7 nitrogen and oxygen atoms in total. The highest BCUT2D eigenvalue weighted by molar-refractivity contribution is 7.98. The van der Waals surface area contributed by atoms with Crippen LogP contribution in [0.4, 0.5) is 0 Å². The standard InChI is InChI=1S/C17H27N3O4S/c1-10-8-11(21)9-12(10)15(22)19-16(23)14-4-3-6-20(14)17(24)13(18)5-7-25-2/h10,12-14H,3-9,18H2,1-2H3,(H,19,22,23)/t10?,12?,13-,14-/m0/s1. The number of ketones is 1. The number of imide groups is 1. The number of hydrogen-bond acceptors (Lipinski definition) is 6. The van der Waals surface area contributed by atoms with Gasteiger partial charge in [-0.25, -0.2) is 0 Å². The summed E-state index contributed by atoms with van der Waals surface area (Å²) in [5, 5.41) is 2.41. The van der Waals surface area contributed by atoms with Crippen molar-refractivity contribution < 1.29 is 19.2 Å². The Kier molecular flexibility index (Phi) is 7.01. The molecule has 1 heterocycles. The van der Waals surface area contributed by atoms with Gasteiger partial charge >= 0.3 is 0 Å². The fourth-order valence-electron chi connectivity index (χ4n) is 3.56. The molecule has 140 valence electrons. The molecule has 0 aromatic heterocycles. The predicted molar refractivity (Wildman–Crippen MR) is 95.8 cm³/mol. The Hall–Kier alpha value is -1.41. The normalized spacial score (nSPS) is 27.4. The van der Waals surface area contributed by atoms with Crippen LogP contribution in [-0.4, -0.2) is 59.0 Å². The van der Waals surface area contributed by atoms with E-state index in [0.29, 0.717) is 32.2 Å². The highest BCUT2D eigenvalue weighted by Gasteiger charge is 2.39. The van der Waals surface area contributed by atoms with Gasteiger partial charge in [-0.15, -0.1) is 0 Å². The third-order valence-electron chi connectivity index (χ3n) is 5.06. The van der Waals surface area contributed by atoms with Crippen LogP contribution >= 0.6 is 11.8 Å². The smallest absolute Gasteiger partial charge is 0.249 e. The van der Waals surface area contributed by atoms with Crippen molar-refractivity contribution in [3.8, 4) is 0 Å². The van der Waals surface area contributed by atoms with Crippen LogP contribution in [0.3, 0.4) is 0 Å². The van der Waals surface area contributed by atoms with Gasteiger partial charge in [0.05, 0.1) is 6.04 Å².